The molecule has 0 rings (SSSR count). The topological polar surface area (TPSA) is 0 Å². The molecule has 0 aliphatic carbocycles. The summed E-state index contributed by atoms with van der Waals surface area (Å²) in [7, 11) is 0. The Balaban J connectivity index is 2.75. The summed E-state index contributed by atoms with van der Waals surface area (Å²) in [6, 6.07) is 0. The lowest BCUT2D eigenvalue weighted by atomic mass is 10.6. The molecule has 0 amide bonds. The van der Waals surface area contributed by atoms with E-state index in [1.807, 2.05) is 0 Å². The Hall–Kier alpha value is 0.870. The van der Waals surface area contributed by atoms with Crippen molar-refractivity contribution in [2.45, 2.75) is 5.38 Å². The van der Waals surface area contributed by atoms with Crippen LogP contribution in [0.5, 0.6) is 0 Å². The third-order valence-corrected chi connectivity index (χ3v) is 1.49. The minimum atomic E-state index is -0.187. The van der Waals surface area contributed by atoms with Crippen LogP contribution in [-0.2, 0) is 0 Å². The molecule has 37 valence electrons. The van der Waals surface area contributed by atoms with Crippen LogP contribution in [0.15, 0.2) is 0 Å². The maximum atomic E-state index is 5.33. The number of rotatable bonds is 2. The van der Waals surface area contributed by atoms with Crippen LogP contribution in [0.2, 0.25) is 0 Å². The van der Waals surface area contributed by atoms with Crippen LogP contribution in [-0.4, -0.2) is 11.3 Å². The average molecular weight is 146 g/mol. The molecular weight excluding hydrogens is 142 g/mol. The summed E-state index contributed by atoms with van der Waals surface area (Å²) in [4.78, 5) is 0. The largest absolute Gasteiger partial charge is 0.125 e. The van der Waals surface area contributed by atoms with Gasteiger partial charge in [-0.1, -0.05) is 0 Å². The first-order valence-electron chi connectivity index (χ1n) is 1.45. The highest BCUT2D eigenvalue weighted by atomic mass is 35.5. The Kier molecular flexibility index (Phi) is 4.63. The van der Waals surface area contributed by atoms with Gasteiger partial charge in [-0.15, -0.1) is 34.8 Å². The fourth-order valence-corrected chi connectivity index (χ4v) is 0.303. The molecule has 6 heavy (non-hydrogen) atoms. The molecular formula is C3H4Cl3. The van der Waals surface area contributed by atoms with Gasteiger partial charge in [0.15, 0.2) is 0 Å². The van der Waals surface area contributed by atoms with E-state index in [0.717, 1.165) is 0 Å². The van der Waals surface area contributed by atoms with E-state index < -0.39 is 0 Å². The van der Waals surface area contributed by atoms with Gasteiger partial charge in [0.2, 0.25) is 0 Å². The van der Waals surface area contributed by atoms with E-state index in [1.54, 1.807) is 0 Å². The van der Waals surface area contributed by atoms with Crippen molar-refractivity contribution in [3.63, 3.8) is 0 Å². The summed E-state index contributed by atoms with van der Waals surface area (Å²) in [5.74, 6) is 1.71. The second-order valence-corrected chi connectivity index (χ2v) is 1.92. The fraction of sp³-hybridized carbons (Fsp3) is 0.667. The molecule has 1 atom stereocenters. The van der Waals surface area contributed by atoms with E-state index in [4.69, 9.17) is 34.8 Å². The monoisotopic (exact) mass is 145 g/mol. The molecule has 0 aromatic rings. The second kappa shape index (κ2) is 4.04. The van der Waals surface area contributed by atoms with Crippen molar-refractivity contribution in [1.82, 2.24) is 0 Å². The van der Waals surface area contributed by atoms with Crippen molar-refractivity contribution < 1.29 is 0 Å². The summed E-state index contributed by atoms with van der Waals surface area (Å²) in [6.45, 7) is 0. The summed E-state index contributed by atoms with van der Waals surface area (Å²) in [6.07, 6.45) is 0. The predicted molar refractivity (Wildman–Crippen MR) is 30.5 cm³/mol. The molecule has 0 saturated heterocycles. The number of halogens is 3. The zero-order chi connectivity index (χ0) is 4.99. The van der Waals surface area contributed by atoms with Gasteiger partial charge in [0.25, 0.3) is 0 Å². The van der Waals surface area contributed by atoms with Crippen molar-refractivity contribution in [2.75, 3.05) is 5.88 Å². The Morgan fingerprint density at radius 1 is 1.67 bits per heavy atom. The molecule has 0 fully saturated rings. The predicted octanol–water partition coefficient (Wildman–Crippen LogP) is 2.23. The number of hydrogen-bond acceptors (Lipinski definition) is 0. The quantitative estimate of drug-likeness (QED) is 0.524. The zero-order valence-electron chi connectivity index (χ0n) is 3.00. The van der Waals surface area contributed by atoms with E-state index in [2.05, 4.69) is 0 Å². The van der Waals surface area contributed by atoms with Gasteiger partial charge in [-0.05, 0) is 0 Å². The van der Waals surface area contributed by atoms with Crippen LogP contribution in [0.4, 0.5) is 0 Å². The van der Waals surface area contributed by atoms with E-state index in [1.165, 1.54) is 5.88 Å². The first-order valence-corrected chi connectivity index (χ1v) is 2.85. The molecule has 0 aliphatic heterocycles. The molecule has 0 spiro atoms. The van der Waals surface area contributed by atoms with Gasteiger partial charge in [0, 0.05) is 5.88 Å². The molecule has 0 aliphatic rings. The van der Waals surface area contributed by atoms with Gasteiger partial charge in [0.05, 0.1) is 11.3 Å². The second-order valence-electron chi connectivity index (χ2n) is 0.796. The fourth-order valence-electron chi connectivity index (χ4n) is 0.0337. The summed E-state index contributed by atoms with van der Waals surface area (Å²) in [5.41, 5.74) is 0. The van der Waals surface area contributed by atoms with Crippen LogP contribution in [0, 0.1) is 5.88 Å². The molecule has 0 heterocycles. The van der Waals surface area contributed by atoms with E-state index in [9.17, 15) is 0 Å². The van der Waals surface area contributed by atoms with Gasteiger partial charge in [-0.25, -0.2) is 0 Å². The lowest BCUT2D eigenvalue weighted by molar-refractivity contribution is 1.21. The highest BCUT2D eigenvalue weighted by molar-refractivity contribution is 6.35. The summed E-state index contributed by atoms with van der Waals surface area (Å²) >= 11 is 15.6. The molecule has 0 bridgehead atoms. The minimum absolute atomic E-state index is 0.187. The van der Waals surface area contributed by atoms with Gasteiger partial charge < -0.3 is 0 Å². The van der Waals surface area contributed by atoms with Gasteiger partial charge in [-0.2, -0.15) is 0 Å². The van der Waals surface area contributed by atoms with Crippen LogP contribution in [0.1, 0.15) is 0 Å². The van der Waals surface area contributed by atoms with Crippen molar-refractivity contribution >= 4 is 34.8 Å². The lowest BCUT2D eigenvalue weighted by Gasteiger charge is -1.91. The average Bonchev–Trinajstić information content (AvgIpc) is 1.65. The number of hydrogen-bond donors (Lipinski definition) is 0. The zero-order valence-corrected chi connectivity index (χ0v) is 5.26. The maximum Gasteiger partial charge on any atom is 0.0689 e. The molecule has 0 aromatic carbocycles. The molecule has 1 unspecified atom stereocenters. The molecule has 0 aromatic heterocycles. The highest BCUT2D eigenvalue weighted by Crippen LogP contribution is 2.04. The van der Waals surface area contributed by atoms with Crippen LogP contribution in [0.3, 0.4) is 0 Å². The Bertz CT molecular complexity index is 25.2. The maximum absolute atomic E-state index is 5.33. The van der Waals surface area contributed by atoms with Crippen molar-refractivity contribution in [2.24, 2.45) is 0 Å². The third kappa shape index (κ3) is 3.08. The van der Waals surface area contributed by atoms with Crippen molar-refractivity contribution in [3.05, 3.63) is 5.88 Å². The third-order valence-electron chi connectivity index (χ3n) is 0.284. The molecule has 3 heteroatoms. The van der Waals surface area contributed by atoms with Gasteiger partial charge >= 0.3 is 0 Å². The van der Waals surface area contributed by atoms with E-state index >= 15 is 0 Å². The molecule has 0 nitrogen and oxygen atoms in total. The summed E-state index contributed by atoms with van der Waals surface area (Å²) < 4.78 is 0. The first kappa shape index (κ1) is 6.87. The van der Waals surface area contributed by atoms with Crippen LogP contribution < -0.4 is 0 Å². The lowest BCUT2D eigenvalue weighted by Crippen LogP contribution is -1.94. The van der Waals surface area contributed by atoms with Crippen LogP contribution >= 0.6 is 34.8 Å². The van der Waals surface area contributed by atoms with Gasteiger partial charge in [0.1, 0.15) is 0 Å². The standard InChI is InChI=1S/C3H4Cl3/c4-1-3(6)2-5/h1,3H,2H2. The Morgan fingerprint density at radius 3 is 2.17 bits per heavy atom. The van der Waals surface area contributed by atoms with E-state index in [0.29, 0.717) is 5.88 Å². The first-order chi connectivity index (χ1) is 2.81. The molecule has 0 saturated carbocycles. The van der Waals surface area contributed by atoms with Gasteiger partial charge in [-0.3, -0.25) is 0 Å². The normalized spacial score (nSPS) is 10.0. The van der Waals surface area contributed by atoms with Crippen LogP contribution in [0.25, 0.3) is 0 Å². The van der Waals surface area contributed by atoms with Crippen molar-refractivity contribution in [3.8, 4) is 0 Å². The number of alkyl halides is 2. The molecule has 0 N–H and O–H groups in total. The Morgan fingerprint density at radius 2 is 2.17 bits per heavy atom. The highest BCUT2D eigenvalue weighted by Gasteiger charge is 1.96. The molecule has 1 radical (unpaired) electrons. The summed E-state index contributed by atoms with van der Waals surface area (Å²) in [5, 5.41) is -0.187. The smallest absolute Gasteiger partial charge is 0.0689 e. The van der Waals surface area contributed by atoms with Crippen molar-refractivity contribution in [1.29, 1.82) is 0 Å². The SMILES string of the molecule is Cl[CH]C(Cl)CCl. The van der Waals surface area contributed by atoms with E-state index in [-0.39, 0.29) is 5.38 Å². The Labute approximate surface area is 52.4 Å². The minimum Gasteiger partial charge on any atom is -0.125 e.